The van der Waals surface area contributed by atoms with Gasteiger partial charge in [-0.25, -0.2) is 0 Å². The number of carbonyl (C=O) groups is 1. The van der Waals surface area contributed by atoms with E-state index in [-0.39, 0.29) is 5.78 Å². The predicted octanol–water partition coefficient (Wildman–Crippen LogP) is 0.882. The normalized spacial score (nSPS) is 9.86. The van der Waals surface area contributed by atoms with Crippen LogP contribution in [0.2, 0.25) is 0 Å². The molecule has 4 heteroatoms. The molecular weight excluding hydrogens is 180 g/mol. The Bertz CT molecular complexity index is 313. The molecule has 0 saturated carbocycles. The Morgan fingerprint density at radius 1 is 1.57 bits per heavy atom. The van der Waals surface area contributed by atoms with Crippen molar-refractivity contribution in [3.8, 4) is 5.75 Å². The van der Waals surface area contributed by atoms with Gasteiger partial charge in [-0.3, -0.25) is 9.78 Å². The van der Waals surface area contributed by atoms with Gasteiger partial charge in [-0.1, -0.05) is 0 Å². The molecule has 0 fully saturated rings. The Morgan fingerprint density at radius 3 is 3.00 bits per heavy atom. The van der Waals surface area contributed by atoms with Crippen molar-refractivity contribution >= 4 is 5.78 Å². The maximum absolute atomic E-state index is 11.5. The standard InChI is InChI=1S/C10H14N2O2/c1-11-4-3-10(13)8-5-9(14-2)7-12-6-8/h5-7,11H,3-4H2,1-2H3. The predicted molar refractivity (Wildman–Crippen MR) is 53.7 cm³/mol. The highest BCUT2D eigenvalue weighted by Crippen LogP contribution is 2.11. The van der Waals surface area contributed by atoms with Crippen molar-refractivity contribution in [2.45, 2.75) is 6.42 Å². The largest absolute Gasteiger partial charge is 0.495 e. The van der Waals surface area contributed by atoms with E-state index in [4.69, 9.17) is 4.74 Å². The van der Waals surface area contributed by atoms with Crippen LogP contribution in [0.1, 0.15) is 16.8 Å². The van der Waals surface area contributed by atoms with Crippen LogP contribution in [0.5, 0.6) is 5.75 Å². The molecule has 0 aliphatic heterocycles. The highest BCUT2D eigenvalue weighted by Gasteiger charge is 2.06. The zero-order chi connectivity index (χ0) is 10.4. The molecule has 1 aromatic rings. The van der Waals surface area contributed by atoms with Gasteiger partial charge in [0.25, 0.3) is 0 Å². The van der Waals surface area contributed by atoms with Gasteiger partial charge < -0.3 is 10.1 Å². The second-order valence-corrected chi connectivity index (χ2v) is 2.89. The molecule has 0 unspecified atom stereocenters. The number of hydrogen-bond donors (Lipinski definition) is 1. The van der Waals surface area contributed by atoms with Crippen LogP contribution in [-0.2, 0) is 0 Å². The summed E-state index contributed by atoms with van der Waals surface area (Å²) in [6.45, 7) is 0.677. The number of methoxy groups -OCH3 is 1. The number of ketones is 1. The average molecular weight is 194 g/mol. The lowest BCUT2D eigenvalue weighted by atomic mass is 10.1. The molecule has 0 bridgehead atoms. The minimum absolute atomic E-state index is 0.0748. The number of nitrogens with one attached hydrogen (secondary N) is 1. The third kappa shape index (κ3) is 2.81. The highest BCUT2D eigenvalue weighted by atomic mass is 16.5. The van der Waals surface area contributed by atoms with E-state index in [2.05, 4.69) is 10.3 Å². The maximum atomic E-state index is 11.5. The Morgan fingerprint density at radius 2 is 2.36 bits per heavy atom. The smallest absolute Gasteiger partial charge is 0.165 e. The highest BCUT2D eigenvalue weighted by molar-refractivity contribution is 5.96. The summed E-state index contributed by atoms with van der Waals surface area (Å²) in [7, 11) is 3.37. The second-order valence-electron chi connectivity index (χ2n) is 2.89. The van der Waals surface area contributed by atoms with Gasteiger partial charge in [-0.15, -0.1) is 0 Å². The van der Waals surface area contributed by atoms with Crippen LogP contribution in [0.3, 0.4) is 0 Å². The minimum Gasteiger partial charge on any atom is -0.495 e. The monoisotopic (exact) mass is 194 g/mol. The van der Waals surface area contributed by atoms with E-state index < -0.39 is 0 Å². The molecule has 1 aromatic heterocycles. The van der Waals surface area contributed by atoms with E-state index in [1.54, 1.807) is 25.6 Å². The van der Waals surface area contributed by atoms with Gasteiger partial charge in [0.2, 0.25) is 0 Å². The second kappa shape index (κ2) is 5.34. The molecule has 0 aromatic carbocycles. The number of ether oxygens (including phenoxy) is 1. The van der Waals surface area contributed by atoms with Crippen molar-refractivity contribution in [2.75, 3.05) is 20.7 Å². The molecule has 0 amide bonds. The third-order valence-electron chi connectivity index (χ3n) is 1.87. The van der Waals surface area contributed by atoms with Crippen LogP contribution >= 0.6 is 0 Å². The van der Waals surface area contributed by atoms with E-state index >= 15 is 0 Å². The quantitative estimate of drug-likeness (QED) is 0.707. The zero-order valence-corrected chi connectivity index (χ0v) is 8.41. The molecule has 0 aliphatic rings. The van der Waals surface area contributed by atoms with Gasteiger partial charge in [0, 0.05) is 24.7 Å². The number of pyridine rings is 1. The minimum atomic E-state index is 0.0748. The van der Waals surface area contributed by atoms with Crippen LogP contribution in [0.25, 0.3) is 0 Å². The summed E-state index contributed by atoms with van der Waals surface area (Å²) >= 11 is 0. The Kier molecular flexibility index (Phi) is 4.07. The zero-order valence-electron chi connectivity index (χ0n) is 8.41. The molecule has 4 nitrogen and oxygen atoms in total. The molecule has 1 rings (SSSR count). The van der Waals surface area contributed by atoms with Crippen LogP contribution < -0.4 is 10.1 Å². The van der Waals surface area contributed by atoms with Crippen LogP contribution in [0, 0.1) is 0 Å². The summed E-state index contributed by atoms with van der Waals surface area (Å²) in [5.74, 6) is 0.686. The number of hydrogen-bond acceptors (Lipinski definition) is 4. The fourth-order valence-electron chi connectivity index (χ4n) is 1.07. The van der Waals surface area contributed by atoms with Gasteiger partial charge in [0.05, 0.1) is 13.3 Å². The summed E-state index contributed by atoms with van der Waals surface area (Å²) in [5, 5.41) is 2.92. The molecule has 1 N–H and O–H groups in total. The molecule has 1 heterocycles. The lowest BCUT2D eigenvalue weighted by Crippen LogP contribution is -2.13. The van der Waals surface area contributed by atoms with Crippen molar-refractivity contribution in [1.29, 1.82) is 0 Å². The van der Waals surface area contributed by atoms with E-state index in [9.17, 15) is 4.79 Å². The van der Waals surface area contributed by atoms with Crippen molar-refractivity contribution < 1.29 is 9.53 Å². The molecule has 14 heavy (non-hydrogen) atoms. The summed E-state index contributed by atoms with van der Waals surface area (Å²) in [5.41, 5.74) is 0.597. The van der Waals surface area contributed by atoms with Gasteiger partial charge in [-0.05, 0) is 13.1 Å². The summed E-state index contributed by atoms with van der Waals surface area (Å²) in [4.78, 5) is 15.5. The lowest BCUT2D eigenvalue weighted by molar-refractivity contribution is 0.0982. The number of aromatic nitrogens is 1. The number of rotatable bonds is 5. The average Bonchev–Trinajstić information content (AvgIpc) is 2.26. The molecular formula is C10H14N2O2. The number of carbonyl (C=O) groups excluding carboxylic acids is 1. The number of Topliss-reactive ketones (excluding diaryl/α,β-unsaturated/α-hetero) is 1. The number of nitrogens with zero attached hydrogens (tertiary/aromatic N) is 1. The Hall–Kier alpha value is -1.42. The first-order chi connectivity index (χ1) is 6.77. The fourth-order valence-corrected chi connectivity index (χ4v) is 1.07. The first kappa shape index (κ1) is 10.7. The van der Waals surface area contributed by atoms with Crippen molar-refractivity contribution in [3.05, 3.63) is 24.0 Å². The molecule has 0 radical (unpaired) electrons. The summed E-state index contributed by atoms with van der Waals surface area (Å²) < 4.78 is 4.98. The van der Waals surface area contributed by atoms with Crippen LogP contribution in [0.15, 0.2) is 18.5 Å². The first-order valence-electron chi connectivity index (χ1n) is 4.44. The first-order valence-corrected chi connectivity index (χ1v) is 4.44. The lowest BCUT2D eigenvalue weighted by Gasteiger charge is -2.02. The van der Waals surface area contributed by atoms with E-state index in [0.29, 0.717) is 24.3 Å². The molecule has 0 spiro atoms. The molecule has 76 valence electrons. The molecule has 0 aliphatic carbocycles. The van der Waals surface area contributed by atoms with Gasteiger partial charge in [0.1, 0.15) is 5.75 Å². The third-order valence-corrected chi connectivity index (χ3v) is 1.87. The van der Waals surface area contributed by atoms with Gasteiger partial charge >= 0.3 is 0 Å². The van der Waals surface area contributed by atoms with E-state index in [0.717, 1.165) is 0 Å². The SMILES string of the molecule is CNCCC(=O)c1cncc(OC)c1. The molecule has 0 atom stereocenters. The van der Waals surface area contributed by atoms with Crippen molar-refractivity contribution in [2.24, 2.45) is 0 Å². The van der Waals surface area contributed by atoms with E-state index in [1.165, 1.54) is 0 Å². The Labute approximate surface area is 83.3 Å². The van der Waals surface area contributed by atoms with E-state index in [1.807, 2.05) is 7.05 Å². The topological polar surface area (TPSA) is 51.2 Å². The van der Waals surface area contributed by atoms with Gasteiger partial charge in [-0.2, -0.15) is 0 Å². The maximum Gasteiger partial charge on any atom is 0.165 e. The van der Waals surface area contributed by atoms with Crippen LogP contribution in [0.4, 0.5) is 0 Å². The van der Waals surface area contributed by atoms with Crippen molar-refractivity contribution in [3.63, 3.8) is 0 Å². The summed E-state index contributed by atoms with van der Waals surface area (Å²) in [6, 6.07) is 1.70. The Balaban J connectivity index is 2.69. The summed E-state index contributed by atoms with van der Waals surface area (Å²) in [6.07, 6.45) is 3.61. The van der Waals surface area contributed by atoms with Crippen molar-refractivity contribution in [1.82, 2.24) is 10.3 Å². The van der Waals surface area contributed by atoms with Gasteiger partial charge in [0.15, 0.2) is 5.78 Å². The molecule has 0 saturated heterocycles. The van der Waals surface area contributed by atoms with Crippen LogP contribution in [-0.4, -0.2) is 31.5 Å². The fraction of sp³-hybridized carbons (Fsp3) is 0.400.